The molecule has 3 aromatic carbocycles. The van der Waals surface area contributed by atoms with Crippen molar-refractivity contribution >= 4 is 23.8 Å². The monoisotopic (exact) mass is 464 g/mol. The van der Waals surface area contributed by atoms with Crippen LogP contribution in [-0.4, -0.2) is 51.1 Å². The van der Waals surface area contributed by atoms with Crippen molar-refractivity contribution in [2.24, 2.45) is 9.98 Å². The van der Waals surface area contributed by atoms with Crippen LogP contribution in [0.4, 0.5) is 11.4 Å². The molecule has 0 unspecified atom stereocenters. The van der Waals surface area contributed by atoms with Gasteiger partial charge in [-0.3, -0.25) is 9.98 Å². The second-order valence-electron chi connectivity index (χ2n) is 7.48. The van der Waals surface area contributed by atoms with E-state index >= 15 is 0 Å². The lowest BCUT2D eigenvalue weighted by Crippen LogP contribution is -1.93. The zero-order valence-electron chi connectivity index (χ0n) is 20.0. The molecule has 34 heavy (non-hydrogen) atoms. The van der Waals surface area contributed by atoms with Gasteiger partial charge in [-0.15, -0.1) is 0 Å². The molecule has 3 rings (SSSR count). The first-order chi connectivity index (χ1) is 16.3. The number of aromatic hydroxyl groups is 2. The molecule has 0 saturated carbocycles. The lowest BCUT2D eigenvalue weighted by Gasteiger charge is -2.10. The third-order valence-corrected chi connectivity index (χ3v) is 5.34. The number of phenols is 2. The van der Waals surface area contributed by atoms with Crippen molar-refractivity contribution in [2.45, 2.75) is 13.8 Å². The van der Waals surface area contributed by atoms with Gasteiger partial charge in [0, 0.05) is 35.7 Å². The maximum atomic E-state index is 10.5. The minimum Gasteiger partial charge on any atom is -0.504 e. The number of hydrogen-bond acceptors (Lipinski definition) is 8. The fraction of sp³-hybridized carbons (Fsp3) is 0.231. The summed E-state index contributed by atoms with van der Waals surface area (Å²) in [5, 5.41) is 21.0. The molecule has 178 valence electrons. The van der Waals surface area contributed by atoms with Crippen molar-refractivity contribution in [3.8, 4) is 34.5 Å². The van der Waals surface area contributed by atoms with E-state index in [1.54, 1.807) is 24.3 Å². The molecule has 0 heterocycles. The molecule has 0 radical (unpaired) electrons. The third kappa shape index (κ3) is 5.23. The van der Waals surface area contributed by atoms with Gasteiger partial charge in [-0.1, -0.05) is 0 Å². The normalized spacial score (nSPS) is 11.2. The van der Waals surface area contributed by atoms with Crippen LogP contribution in [0.5, 0.6) is 34.5 Å². The van der Waals surface area contributed by atoms with Crippen LogP contribution < -0.4 is 18.9 Å². The van der Waals surface area contributed by atoms with E-state index in [9.17, 15) is 10.2 Å². The first-order valence-corrected chi connectivity index (χ1v) is 10.4. The van der Waals surface area contributed by atoms with Crippen LogP contribution in [0.1, 0.15) is 22.3 Å². The molecule has 8 nitrogen and oxygen atoms in total. The number of benzene rings is 3. The second-order valence-corrected chi connectivity index (χ2v) is 7.48. The first kappa shape index (κ1) is 24.4. The molecule has 0 aromatic heterocycles. The fourth-order valence-electron chi connectivity index (χ4n) is 3.22. The number of aliphatic imine (C=N–C) groups is 2. The van der Waals surface area contributed by atoms with Crippen molar-refractivity contribution < 1.29 is 29.2 Å². The van der Waals surface area contributed by atoms with Crippen LogP contribution in [0, 0.1) is 13.8 Å². The average molecular weight is 465 g/mol. The highest BCUT2D eigenvalue weighted by molar-refractivity contribution is 5.91. The predicted molar refractivity (Wildman–Crippen MR) is 133 cm³/mol. The van der Waals surface area contributed by atoms with E-state index in [0.717, 1.165) is 11.1 Å². The molecule has 3 aromatic rings. The van der Waals surface area contributed by atoms with Crippen LogP contribution in [0.2, 0.25) is 0 Å². The summed E-state index contributed by atoms with van der Waals surface area (Å²) in [5.74, 6) is 1.51. The fourth-order valence-corrected chi connectivity index (χ4v) is 3.22. The molecule has 0 amide bonds. The van der Waals surface area contributed by atoms with Gasteiger partial charge in [-0.2, -0.15) is 0 Å². The number of aryl methyl sites for hydroxylation is 2. The minimum absolute atomic E-state index is 0.0469. The summed E-state index contributed by atoms with van der Waals surface area (Å²) in [5.41, 5.74) is 4.08. The van der Waals surface area contributed by atoms with Crippen LogP contribution in [0.15, 0.2) is 46.4 Å². The van der Waals surface area contributed by atoms with Crippen molar-refractivity contribution in [3.05, 3.63) is 58.7 Å². The number of rotatable bonds is 8. The molecule has 0 aliphatic carbocycles. The smallest absolute Gasteiger partial charge is 0.166 e. The summed E-state index contributed by atoms with van der Waals surface area (Å²) >= 11 is 0. The Morgan fingerprint density at radius 3 is 1.29 bits per heavy atom. The second kappa shape index (κ2) is 10.6. The Morgan fingerprint density at radius 1 is 0.588 bits per heavy atom. The van der Waals surface area contributed by atoms with Gasteiger partial charge in [-0.05, 0) is 49.2 Å². The van der Waals surface area contributed by atoms with E-state index < -0.39 is 0 Å². The largest absolute Gasteiger partial charge is 0.504 e. The zero-order valence-corrected chi connectivity index (χ0v) is 20.0. The standard InChI is InChI=1S/C26H28N2O6/c1-15-7-21(27-13-17-9-19(31-3)11-23(33-5)25(17)29)22(8-16(15)2)28-14-18-10-20(32-4)12-24(34-6)26(18)30/h7-14,29-30H,1-6H3. The van der Waals surface area contributed by atoms with Gasteiger partial charge in [0.15, 0.2) is 23.0 Å². The van der Waals surface area contributed by atoms with Gasteiger partial charge in [0.2, 0.25) is 0 Å². The van der Waals surface area contributed by atoms with Crippen molar-refractivity contribution in [1.82, 2.24) is 0 Å². The summed E-state index contributed by atoms with van der Waals surface area (Å²) in [6, 6.07) is 10.3. The molecule has 0 fully saturated rings. The minimum atomic E-state index is -0.0469. The van der Waals surface area contributed by atoms with Gasteiger partial charge in [-0.25, -0.2) is 0 Å². The van der Waals surface area contributed by atoms with Gasteiger partial charge in [0.05, 0.1) is 39.8 Å². The van der Waals surface area contributed by atoms with Gasteiger partial charge < -0.3 is 29.2 Å². The molecule has 0 saturated heterocycles. The molecule has 0 aliphatic heterocycles. The number of hydrogen-bond donors (Lipinski definition) is 2. The van der Waals surface area contributed by atoms with E-state index in [2.05, 4.69) is 9.98 Å². The van der Waals surface area contributed by atoms with Gasteiger partial charge >= 0.3 is 0 Å². The highest BCUT2D eigenvalue weighted by atomic mass is 16.5. The van der Waals surface area contributed by atoms with Crippen LogP contribution in [0.3, 0.4) is 0 Å². The molecular weight excluding hydrogens is 436 g/mol. The molecule has 2 N–H and O–H groups in total. The first-order valence-electron chi connectivity index (χ1n) is 10.4. The lowest BCUT2D eigenvalue weighted by molar-refractivity contribution is 0.364. The molecule has 0 spiro atoms. The highest BCUT2D eigenvalue weighted by Gasteiger charge is 2.12. The van der Waals surface area contributed by atoms with Gasteiger partial charge in [0.1, 0.15) is 11.5 Å². The summed E-state index contributed by atoms with van der Waals surface area (Å²) in [4.78, 5) is 9.14. The number of phenolic OH excluding ortho intramolecular Hbond substituents is 2. The summed E-state index contributed by atoms with van der Waals surface area (Å²) in [7, 11) is 6.00. The van der Waals surface area contributed by atoms with Gasteiger partial charge in [0.25, 0.3) is 0 Å². The van der Waals surface area contributed by atoms with E-state index in [1.165, 1.54) is 40.9 Å². The zero-order chi connectivity index (χ0) is 24.8. The number of nitrogens with zero attached hydrogens (tertiary/aromatic N) is 2. The highest BCUT2D eigenvalue weighted by Crippen LogP contribution is 2.37. The topological polar surface area (TPSA) is 102 Å². The summed E-state index contributed by atoms with van der Waals surface area (Å²) < 4.78 is 21.0. The van der Waals surface area contributed by atoms with E-state index in [-0.39, 0.29) is 23.0 Å². The Kier molecular flexibility index (Phi) is 7.63. The van der Waals surface area contributed by atoms with Crippen LogP contribution in [-0.2, 0) is 0 Å². The van der Waals surface area contributed by atoms with E-state index in [1.807, 2.05) is 26.0 Å². The maximum Gasteiger partial charge on any atom is 0.166 e. The Morgan fingerprint density at radius 2 is 0.971 bits per heavy atom. The molecule has 0 aliphatic rings. The number of ether oxygens (including phenoxy) is 4. The van der Waals surface area contributed by atoms with Crippen molar-refractivity contribution in [3.63, 3.8) is 0 Å². The number of methoxy groups -OCH3 is 4. The quantitative estimate of drug-likeness (QED) is 0.442. The predicted octanol–water partition coefficient (Wildman–Crippen LogP) is 5.25. The maximum absolute atomic E-state index is 10.5. The molecule has 0 atom stereocenters. The summed E-state index contributed by atoms with van der Waals surface area (Å²) in [6.07, 6.45) is 3.05. The Labute approximate surface area is 198 Å². The average Bonchev–Trinajstić information content (AvgIpc) is 2.84. The summed E-state index contributed by atoms with van der Waals surface area (Å²) in [6.45, 7) is 3.96. The van der Waals surface area contributed by atoms with Crippen molar-refractivity contribution in [2.75, 3.05) is 28.4 Å². The van der Waals surface area contributed by atoms with E-state index in [0.29, 0.717) is 34.0 Å². The SMILES string of the molecule is COc1cc(C=Nc2cc(C)c(C)cc2N=Cc2cc(OC)cc(OC)c2O)c(O)c(OC)c1. The lowest BCUT2D eigenvalue weighted by atomic mass is 10.1. The van der Waals surface area contributed by atoms with E-state index in [4.69, 9.17) is 18.9 Å². The molecular formula is C26H28N2O6. The van der Waals surface area contributed by atoms with Crippen LogP contribution in [0.25, 0.3) is 0 Å². The Bertz CT molecular complexity index is 1150. The van der Waals surface area contributed by atoms with Crippen molar-refractivity contribution in [1.29, 1.82) is 0 Å². The Balaban J connectivity index is 2.06. The third-order valence-electron chi connectivity index (χ3n) is 5.34. The Hall–Kier alpha value is -4.20. The van der Waals surface area contributed by atoms with Crippen LogP contribution >= 0.6 is 0 Å². The molecule has 8 heteroatoms. The molecule has 0 bridgehead atoms.